The van der Waals surface area contributed by atoms with E-state index in [1.165, 1.54) is 0 Å². The highest BCUT2D eigenvalue weighted by Gasteiger charge is 2.30. The summed E-state index contributed by atoms with van der Waals surface area (Å²) in [6.07, 6.45) is 1.02. The average molecular weight is 282 g/mol. The number of ether oxygens (including phenoxy) is 1. The number of carbonyl (C=O) groups excluding carboxylic acids is 1. The summed E-state index contributed by atoms with van der Waals surface area (Å²) in [5.74, 6) is 1.70. The van der Waals surface area contributed by atoms with Gasteiger partial charge in [-0.15, -0.1) is 11.6 Å². The highest BCUT2D eigenvalue weighted by molar-refractivity contribution is 6.17. The fourth-order valence-electron chi connectivity index (χ4n) is 2.29. The van der Waals surface area contributed by atoms with Gasteiger partial charge >= 0.3 is 0 Å². The number of amides is 1. The maximum absolute atomic E-state index is 12.2. The third kappa shape index (κ3) is 3.41. The van der Waals surface area contributed by atoms with Crippen molar-refractivity contribution in [2.75, 3.05) is 5.88 Å². The van der Waals surface area contributed by atoms with Crippen molar-refractivity contribution in [1.29, 1.82) is 0 Å². The van der Waals surface area contributed by atoms with Gasteiger partial charge in [0.05, 0.1) is 0 Å². The first-order chi connectivity index (χ1) is 9.11. The monoisotopic (exact) mass is 281 g/mol. The molecule has 3 nitrogen and oxygen atoms in total. The number of alkyl halides is 1. The van der Waals surface area contributed by atoms with Crippen LogP contribution in [-0.2, 0) is 11.2 Å². The topological polar surface area (TPSA) is 38.3 Å². The van der Waals surface area contributed by atoms with Crippen LogP contribution in [0.5, 0.6) is 5.75 Å². The van der Waals surface area contributed by atoms with E-state index in [9.17, 15) is 4.79 Å². The van der Waals surface area contributed by atoms with Gasteiger partial charge in [-0.2, -0.15) is 0 Å². The number of benzene rings is 1. The molecule has 1 aliphatic rings. The molecule has 104 valence electrons. The molecule has 0 fully saturated rings. The van der Waals surface area contributed by atoms with E-state index in [-0.39, 0.29) is 11.9 Å². The number of para-hydroxylation sites is 1. The Balaban J connectivity index is 1.95. The first-order valence-electron chi connectivity index (χ1n) is 6.72. The van der Waals surface area contributed by atoms with Crippen molar-refractivity contribution in [3.8, 4) is 5.75 Å². The largest absolute Gasteiger partial charge is 0.480 e. The lowest BCUT2D eigenvalue weighted by atomic mass is 10.0. The Morgan fingerprint density at radius 2 is 2.21 bits per heavy atom. The fraction of sp³-hybridized carbons (Fsp3) is 0.533. The molecule has 2 atom stereocenters. The highest BCUT2D eigenvalue weighted by Crippen LogP contribution is 2.28. The van der Waals surface area contributed by atoms with E-state index in [1.54, 1.807) is 0 Å². The molecule has 1 amide bonds. The van der Waals surface area contributed by atoms with Crippen molar-refractivity contribution in [2.45, 2.75) is 38.8 Å². The summed E-state index contributed by atoms with van der Waals surface area (Å²) in [4.78, 5) is 12.2. The molecule has 4 heteroatoms. The lowest BCUT2D eigenvalue weighted by Gasteiger charge is -2.23. The quantitative estimate of drug-likeness (QED) is 0.843. The summed E-state index contributed by atoms with van der Waals surface area (Å²) in [7, 11) is 0. The average Bonchev–Trinajstić information content (AvgIpc) is 2.81. The molecule has 0 saturated heterocycles. The van der Waals surface area contributed by atoms with E-state index < -0.39 is 6.10 Å². The van der Waals surface area contributed by atoms with E-state index >= 15 is 0 Å². The van der Waals surface area contributed by atoms with Crippen molar-refractivity contribution in [2.24, 2.45) is 5.92 Å². The Hall–Kier alpha value is -1.22. The van der Waals surface area contributed by atoms with E-state index in [0.717, 1.165) is 17.7 Å². The summed E-state index contributed by atoms with van der Waals surface area (Å²) in [5.41, 5.74) is 1.10. The van der Waals surface area contributed by atoms with Crippen molar-refractivity contribution < 1.29 is 9.53 Å². The van der Waals surface area contributed by atoms with Crippen LogP contribution in [0.25, 0.3) is 0 Å². The maximum atomic E-state index is 12.2. The van der Waals surface area contributed by atoms with Crippen molar-refractivity contribution in [1.82, 2.24) is 5.32 Å². The van der Waals surface area contributed by atoms with Crippen LogP contribution in [0.15, 0.2) is 24.3 Å². The lowest BCUT2D eigenvalue weighted by molar-refractivity contribution is -0.128. The normalized spacial score (nSPS) is 18.8. The second-order valence-corrected chi connectivity index (χ2v) is 5.63. The van der Waals surface area contributed by atoms with Crippen LogP contribution < -0.4 is 10.1 Å². The van der Waals surface area contributed by atoms with Gasteiger partial charge in [0.2, 0.25) is 0 Å². The molecule has 2 unspecified atom stereocenters. The molecule has 0 saturated carbocycles. The summed E-state index contributed by atoms with van der Waals surface area (Å²) in [6, 6.07) is 7.90. The summed E-state index contributed by atoms with van der Waals surface area (Å²) in [6.45, 7) is 4.17. The van der Waals surface area contributed by atoms with Crippen LogP contribution >= 0.6 is 11.6 Å². The van der Waals surface area contributed by atoms with Crippen LogP contribution in [0.3, 0.4) is 0 Å². The molecule has 0 spiro atoms. The van der Waals surface area contributed by atoms with E-state index in [2.05, 4.69) is 19.2 Å². The molecule has 0 bridgehead atoms. The molecule has 1 aliphatic heterocycles. The number of carbonyl (C=O) groups is 1. The van der Waals surface area contributed by atoms with Crippen molar-refractivity contribution in [3.63, 3.8) is 0 Å². The Morgan fingerprint density at radius 3 is 2.84 bits per heavy atom. The van der Waals surface area contributed by atoms with Gasteiger partial charge < -0.3 is 10.1 Å². The van der Waals surface area contributed by atoms with Gasteiger partial charge in [-0.25, -0.2) is 0 Å². The molecular formula is C15H20ClNO2. The van der Waals surface area contributed by atoms with Gasteiger partial charge in [-0.1, -0.05) is 32.0 Å². The number of hydrogen-bond acceptors (Lipinski definition) is 2. The minimum absolute atomic E-state index is 0.0417. The van der Waals surface area contributed by atoms with Gasteiger partial charge in [0.15, 0.2) is 6.10 Å². The van der Waals surface area contributed by atoms with Gasteiger partial charge in [0.25, 0.3) is 5.91 Å². The molecule has 0 aromatic heterocycles. The minimum Gasteiger partial charge on any atom is -0.480 e. The molecule has 1 aromatic rings. The SMILES string of the molecule is CC(C)C(CCCl)NC(=O)C1Cc2ccccc2O1. The predicted octanol–water partition coefficient (Wildman–Crippen LogP) is 2.76. The van der Waals surface area contributed by atoms with Crippen LogP contribution in [0.4, 0.5) is 0 Å². The van der Waals surface area contributed by atoms with Gasteiger partial charge in [-0.3, -0.25) is 4.79 Å². The first-order valence-corrected chi connectivity index (χ1v) is 7.26. The molecule has 1 heterocycles. The summed E-state index contributed by atoms with van der Waals surface area (Å²) < 4.78 is 5.68. The van der Waals surface area contributed by atoms with Crippen LogP contribution in [0.1, 0.15) is 25.8 Å². The molecular weight excluding hydrogens is 262 g/mol. The molecule has 1 N–H and O–H groups in total. The van der Waals surface area contributed by atoms with E-state index in [1.807, 2.05) is 24.3 Å². The minimum atomic E-state index is -0.408. The standard InChI is InChI=1S/C15H20ClNO2/c1-10(2)12(7-8-16)17-15(18)14-9-11-5-3-4-6-13(11)19-14/h3-6,10,12,14H,7-9H2,1-2H3,(H,17,18). The fourth-order valence-corrected chi connectivity index (χ4v) is 2.53. The highest BCUT2D eigenvalue weighted by atomic mass is 35.5. The van der Waals surface area contributed by atoms with Gasteiger partial charge in [0, 0.05) is 18.3 Å². The zero-order valence-corrected chi connectivity index (χ0v) is 12.1. The predicted molar refractivity (Wildman–Crippen MR) is 76.7 cm³/mol. The lowest BCUT2D eigenvalue weighted by Crippen LogP contribution is -2.45. The van der Waals surface area contributed by atoms with E-state index in [4.69, 9.17) is 16.3 Å². The Kier molecular flexibility index (Phi) is 4.70. The molecule has 2 rings (SSSR count). The zero-order chi connectivity index (χ0) is 13.8. The summed E-state index contributed by atoms with van der Waals surface area (Å²) in [5, 5.41) is 3.05. The number of nitrogens with one attached hydrogen (secondary N) is 1. The second-order valence-electron chi connectivity index (χ2n) is 5.26. The van der Waals surface area contributed by atoms with Gasteiger partial charge in [-0.05, 0) is 24.0 Å². The Bertz CT molecular complexity index is 423. The molecule has 0 aliphatic carbocycles. The molecule has 19 heavy (non-hydrogen) atoms. The number of hydrogen-bond donors (Lipinski definition) is 1. The van der Waals surface area contributed by atoms with Gasteiger partial charge in [0.1, 0.15) is 5.75 Å². The number of fused-ring (bicyclic) bond motifs is 1. The third-order valence-electron chi connectivity index (χ3n) is 3.49. The van der Waals surface area contributed by atoms with Crippen LogP contribution in [0, 0.1) is 5.92 Å². The number of rotatable bonds is 5. The Morgan fingerprint density at radius 1 is 1.47 bits per heavy atom. The third-order valence-corrected chi connectivity index (χ3v) is 3.71. The van der Waals surface area contributed by atoms with E-state index in [0.29, 0.717) is 18.2 Å². The van der Waals surface area contributed by atoms with Crippen molar-refractivity contribution in [3.05, 3.63) is 29.8 Å². The Labute approximate surface area is 119 Å². The smallest absolute Gasteiger partial charge is 0.261 e. The molecule has 0 radical (unpaired) electrons. The van der Waals surface area contributed by atoms with Crippen LogP contribution in [-0.4, -0.2) is 23.9 Å². The van der Waals surface area contributed by atoms with Crippen LogP contribution in [0.2, 0.25) is 0 Å². The maximum Gasteiger partial charge on any atom is 0.261 e. The van der Waals surface area contributed by atoms with Crippen molar-refractivity contribution >= 4 is 17.5 Å². The molecule has 1 aromatic carbocycles. The summed E-state index contributed by atoms with van der Waals surface area (Å²) >= 11 is 5.77. The second kappa shape index (κ2) is 6.29. The first kappa shape index (κ1) is 14.2. The number of halogens is 1. The zero-order valence-electron chi connectivity index (χ0n) is 11.4.